The molecule has 9 nitrogen and oxygen atoms in total. The minimum atomic E-state index is -1.11. The first-order chi connectivity index (χ1) is 18.4. The van der Waals surface area contributed by atoms with Crippen LogP contribution in [0.3, 0.4) is 0 Å². The van der Waals surface area contributed by atoms with E-state index in [0.717, 1.165) is 54.4 Å². The predicted molar refractivity (Wildman–Crippen MR) is 145 cm³/mol. The van der Waals surface area contributed by atoms with E-state index in [1.807, 2.05) is 43.3 Å². The van der Waals surface area contributed by atoms with Gasteiger partial charge in [0.25, 0.3) is 5.91 Å². The van der Waals surface area contributed by atoms with Crippen LogP contribution >= 0.6 is 0 Å². The quantitative estimate of drug-likeness (QED) is 0.289. The lowest BCUT2D eigenvalue weighted by atomic mass is 9.85. The number of carboxylic acid groups (broad SMARTS) is 1. The number of hydrogen-bond donors (Lipinski definition) is 2. The van der Waals surface area contributed by atoms with Crippen LogP contribution in [0.5, 0.6) is 11.5 Å². The Labute approximate surface area is 224 Å². The van der Waals surface area contributed by atoms with E-state index < -0.39 is 17.9 Å². The van der Waals surface area contributed by atoms with E-state index in [1.54, 1.807) is 14.2 Å². The maximum atomic E-state index is 13.0. The molecule has 0 radical (unpaired) electrons. The molecule has 3 rings (SSSR count). The van der Waals surface area contributed by atoms with Crippen LogP contribution in [-0.2, 0) is 32.2 Å². The number of amides is 1. The number of methoxy groups -OCH3 is 2. The second kappa shape index (κ2) is 14.4. The van der Waals surface area contributed by atoms with Crippen molar-refractivity contribution in [3.05, 3.63) is 47.5 Å². The van der Waals surface area contributed by atoms with Crippen molar-refractivity contribution in [3.63, 3.8) is 0 Å². The van der Waals surface area contributed by atoms with Crippen LogP contribution in [-0.4, -0.2) is 56.7 Å². The molecule has 0 aliphatic heterocycles. The summed E-state index contributed by atoms with van der Waals surface area (Å²) in [4.78, 5) is 29.9. The van der Waals surface area contributed by atoms with Gasteiger partial charge in [0.1, 0.15) is 30.4 Å². The van der Waals surface area contributed by atoms with Gasteiger partial charge in [-0.05, 0) is 48.6 Å². The topological polar surface area (TPSA) is 116 Å². The Kier molecular flexibility index (Phi) is 11.0. The standard InChI is InChI=1S/C29H38N2O7/c1-5-38-18-20-16-24(35-2)26(25(17-20)36-3)21-13-11-19(12-14-21)15-23(29(33)34)30-28(32)27(31-37-4)22-9-7-6-8-10-22/h11-14,16-17,22-23H,5-10,15,18H2,1-4H3,(H,30,32)(H,33,34)/t23-/m0/s1. The number of ether oxygens (including phenoxy) is 3. The fourth-order valence-corrected chi connectivity index (χ4v) is 4.81. The molecule has 1 aliphatic carbocycles. The molecule has 0 aromatic heterocycles. The van der Waals surface area contributed by atoms with E-state index in [9.17, 15) is 14.7 Å². The largest absolute Gasteiger partial charge is 0.496 e. The number of carbonyl (C=O) groups is 2. The van der Waals surface area contributed by atoms with Crippen LogP contribution in [0.1, 0.15) is 50.2 Å². The molecule has 2 N–H and O–H groups in total. The smallest absolute Gasteiger partial charge is 0.326 e. The number of oxime groups is 1. The van der Waals surface area contributed by atoms with Crippen molar-refractivity contribution in [1.82, 2.24) is 5.32 Å². The van der Waals surface area contributed by atoms with Gasteiger partial charge in [0.05, 0.1) is 26.4 Å². The Morgan fingerprint density at radius 1 is 1.00 bits per heavy atom. The molecule has 38 heavy (non-hydrogen) atoms. The Morgan fingerprint density at radius 3 is 2.16 bits per heavy atom. The van der Waals surface area contributed by atoms with Gasteiger partial charge in [-0.2, -0.15) is 0 Å². The summed E-state index contributed by atoms with van der Waals surface area (Å²) >= 11 is 0. The first-order valence-electron chi connectivity index (χ1n) is 13.0. The monoisotopic (exact) mass is 526 g/mol. The highest BCUT2D eigenvalue weighted by atomic mass is 16.6. The third-order valence-corrected chi connectivity index (χ3v) is 6.74. The Hall–Kier alpha value is -3.59. The SMILES string of the molecule is CCOCc1cc(OC)c(-c2ccc(C[C@H](NC(=O)C(=NOC)C3CCCCC3)C(=O)O)cc2)c(OC)c1. The maximum absolute atomic E-state index is 13.0. The van der Waals surface area contributed by atoms with Gasteiger partial charge in [0.2, 0.25) is 0 Å². The van der Waals surface area contributed by atoms with Gasteiger partial charge in [-0.25, -0.2) is 4.79 Å². The summed E-state index contributed by atoms with van der Waals surface area (Å²) in [7, 11) is 4.60. The van der Waals surface area contributed by atoms with Crippen LogP contribution in [0.4, 0.5) is 0 Å². The number of hydrogen-bond acceptors (Lipinski definition) is 7. The number of carboxylic acids is 1. The van der Waals surface area contributed by atoms with Gasteiger partial charge in [-0.3, -0.25) is 4.79 Å². The lowest BCUT2D eigenvalue weighted by Crippen LogP contribution is -2.47. The third-order valence-electron chi connectivity index (χ3n) is 6.74. The van der Waals surface area contributed by atoms with Crippen LogP contribution < -0.4 is 14.8 Å². The normalized spacial score (nSPS) is 15.0. The van der Waals surface area contributed by atoms with Crippen LogP contribution in [0, 0.1) is 5.92 Å². The van der Waals surface area contributed by atoms with E-state index in [1.165, 1.54) is 7.11 Å². The molecule has 0 spiro atoms. The average Bonchev–Trinajstić information content (AvgIpc) is 2.94. The summed E-state index contributed by atoms with van der Waals surface area (Å²) < 4.78 is 16.8. The second-order valence-electron chi connectivity index (χ2n) is 9.27. The van der Waals surface area contributed by atoms with E-state index in [0.29, 0.717) is 24.7 Å². The van der Waals surface area contributed by atoms with Crippen LogP contribution in [0.15, 0.2) is 41.6 Å². The summed E-state index contributed by atoms with van der Waals surface area (Å²) in [6.07, 6.45) is 4.96. The Balaban J connectivity index is 1.78. The number of benzene rings is 2. The first-order valence-corrected chi connectivity index (χ1v) is 13.0. The minimum Gasteiger partial charge on any atom is -0.496 e. The number of nitrogens with one attached hydrogen (secondary N) is 1. The highest BCUT2D eigenvalue weighted by Gasteiger charge is 2.29. The molecule has 2 aromatic rings. The molecular formula is C29H38N2O7. The van der Waals surface area contributed by atoms with E-state index in [4.69, 9.17) is 19.0 Å². The van der Waals surface area contributed by atoms with E-state index in [-0.39, 0.29) is 18.1 Å². The summed E-state index contributed by atoms with van der Waals surface area (Å²) in [5.74, 6) is -0.340. The van der Waals surface area contributed by atoms with Gasteiger partial charge in [0.15, 0.2) is 0 Å². The number of carbonyl (C=O) groups excluding carboxylic acids is 1. The highest BCUT2D eigenvalue weighted by molar-refractivity contribution is 6.39. The summed E-state index contributed by atoms with van der Waals surface area (Å²) in [6, 6.07) is 10.2. The Morgan fingerprint density at radius 2 is 1.63 bits per heavy atom. The molecule has 1 fully saturated rings. The van der Waals surface area contributed by atoms with Crippen molar-refractivity contribution in [2.24, 2.45) is 11.1 Å². The molecule has 0 unspecified atom stereocenters. The zero-order chi connectivity index (χ0) is 27.5. The van der Waals surface area contributed by atoms with Crippen molar-refractivity contribution in [3.8, 4) is 22.6 Å². The van der Waals surface area contributed by atoms with Crippen molar-refractivity contribution < 1.29 is 33.7 Å². The lowest BCUT2D eigenvalue weighted by molar-refractivity contribution is -0.141. The fraction of sp³-hybridized carbons (Fsp3) is 0.483. The van der Waals surface area contributed by atoms with Gasteiger partial charge in [-0.15, -0.1) is 0 Å². The van der Waals surface area contributed by atoms with E-state index in [2.05, 4.69) is 10.5 Å². The minimum absolute atomic E-state index is 0.0256. The second-order valence-corrected chi connectivity index (χ2v) is 9.27. The van der Waals surface area contributed by atoms with Gasteiger partial charge in [-0.1, -0.05) is 48.7 Å². The van der Waals surface area contributed by atoms with Gasteiger partial charge < -0.3 is 29.5 Å². The number of aliphatic carboxylic acids is 1. The molecule has 0 saturated heterocycles. The van der Waals surface area contributed by atoms with Crippen molar-refractivity contribution in [2.75, 3.05) is 27.9 Å². The molecule has 9 heteroatoms. The van der Waals surface area contributed by atoms with Gasteiger partial charge in [0, 0.05) is 18.9 Å². The maximum Gasteiger partial charge on any atom is 0.326 e. The zero-order valence-corrected chi connectivity index (χ0v) is 22.6. The van der Waals surface area contributed by atoms with Crippen molar-refractivity contribution in [1.29, 1.82) is 0 Å². The zero-order valence-electron chi connectivity index (χ0n) is 22.6. The average molecular weight is 527 g/mol. The highest BCUT2D eigenvalue weighted by Crippen LogP contribution is 2.40. The molecular weight excluding hydrogens is 488 g/mol. The first kappa shape index (κ1) is 29.0. The molecule has 1 atom stereocenters. The van der Waals surface area contributed by atoms with Crippen molar-refractivity contribution in [2.45, 2.75) is 58.1 Å². The van der Waals surface area contributed by atoms with Crippen molar-refractivity contribution >= 4 is 17.6 Å². The van der Waals surface area contributed by atoms with Crippen LogP contribution in [0.2, 0.25) is 0 Å². The molecule has 206 valence electrons. The molecule has 2 aromatic carbocycles. The summed E-state index contributed by atoms with van der Waals surface area (Å²) in [5.41, 5.74) is 3.60. The molecule has 1 saturated carbocycles. The molecule has 0 bridgehead atoms. The molecule has 1 aliphatic rings. The lowest BCUT2D eigenvalue weighted by Gasteiger charge is -2.23. The van der Waals surface area contributed by atoms with E-state index >= 15 is 0 Å². The Bertz CT molecular complexity index is 1080. The predicted octanol–water partition coefficient (Wildman–Crippen LogP) is 4.60. The molecule has 0 heterocycles. The van der Waals surface area contributed by atoms with Crippen LogP contribution in [0.25, 0.3) is 11.1 Å². The number of nitrogens with zero attached hydrogens (tertiary/aromatic N) is 1. The number of rotatable bonds is 13. The fourth-order valence-electron chi connectivity index (χ4n) is 4.81. The third kappa shape index (κ3) is 7.47. The summed E-state index contributed by atoms with van der Waals surface area (Å²) in [5, 5.41) is 16.4. The molecule has 1 amide bonds. The van der Waals surface area contributed by atoms with Gasteiger partial charge >= 0.3 is 5.97 Å². The summed E-state index contributed by atoms with van der Waals surface area (Å²) in [6.45, 7) is 2.99.